The second-order valence-electron chi connectivity index (χ2n) is 4.41. The number of carbonyl (C=O) groups excluding carboxylic acids is 1. The van der Waals surface area contributed by atoms with Crippen LogP contribution in [0.15, 0.2) is 54.9 Å². The van der Waals surface area contributed by atoms with Crippen molar-refractivity contribution in [1.82, 2.24) is 20.2 Å². The summed E-state index contributed by atoms with van der Waals surface area (Å²) in [7, 11) is 0. The van der Waals surface area contributed by atoms with Gasteiger partial charge in [-0.05, 0) is 46.8 Å². The maximum Gasteiger partial charge on any atom is 0.255 e. The number of nitrogens with one attached hydrogen (secondary N) is 1. The van der Waals surface area contributed by atoms with Crippen molar-refractivity contribution in [1.29, 1.82) is 5.26 Å². The number of tetrazole rings is 1. The summed E-state index contributed by atoms with van der Waals surface area (Å²) in [6.07, 6.45) is 1.47. The SMILES string of the molecule is N#Cc1ccccc1NC(=O)c1ccc(-n2cnnn2)cc1. The highest BCUT2D eigenvalue weighted by Crippen LogP contribution is 2.15. The standard InChI is InChI=1S/C15H10N6O/c16-9-12-3-1-2-4-14(12)18-15(22)11-5-7-13(8-6-11)21-10-17-19-20-21/h1-8,10H,(H,18,22). The molecule has 7 nitrogen and oxygen atoms in total. The van der Waals surface area contributed by atoms with Gasteiger partial charge in [0.05, 0.1) is 16.9 Å². The van der Waals surface area contributed by atoms with Crippen molar-refractivity contribution < 1.29 is 4.79 Å². The van der Waals surface area contributed by atoms with E-state index in [1.807, 2.05) is 6.07 Å². The van der Waals surface area contributed by atoms with Gasteiger partial charge in [0.15, 0.2) is 0 Å². The van der Waals surface area contributed by atoms with Crippen LogP contribution in [0.4, 0.5) is 5.69 Å². The number of nitriles is 1. The van der Waals surface area contributed by atoms with Gasteiger partial charge in [-0.15, -0.1) is 5.10 Å². The number of rotatable bonds is 3. The third-order valence-electron chi connectivity index (χ3n) is 3.04. The lowest BCUT2D eigenvalue weighted by atomic mass is 10.1. The molecule has 106 valence electrons. The highest BCUT2D eigenvalue weighted by atomic mass is 16.1. The van der Waals surface area contributed by atoms with E-state index in [1.54, 1.807) is 48.5 Å². The Bertz CT molecular complexity index is 833. The lowest BCUT2D eigenvalue weighted by Crippen LogP contribution is -2.12. The molecular weight excluding hydrogens is 280 g/mol. The maximum absolute atomic E-state index is 12.2. The predicted octanol–water partition coefficient (Wildman–Crippen LogP) is 1.79. The highest BCUT2D eigenvalue weighted by molar-refractivity contribution is 6.05. The fourth-order valence-electron chi connectivity index (χ4n) is 1.93. The first-order valence-corrected chi connectivity index (χ1v) is 6.42. The van der Waals surface area contributed by atoms with E-state index < -0.39 is 0 Å². The number of aromatic nitrogens is 4. The van der Waals surface area contributed by atoms with Gasteiger partial charge in [-0.1, -0.05) is 12.1 Å². The summed E-state index contributed by atoms with van der Waals surface area (Å²) < 4.78 is 1.49. The Morgan fingerprint density at radius 3 is 2.59 bits per heavy atom. The molecule has 0 aliphatic carbocycles. The summed E-state index contributed by atoms with van der Waals surface area (Å²) in [6, 6.07) is 15.7. The van der Waals surface area contributed by atoms with Crippen LogP contribution in [0.5, 0.6) is 0 Å². The van der Waals surface area contributed by atoms with E-state index in [0.717, 1.165) is 5.69 Å². The van der Waals surface area contributed by atoms with Gasteiger partial charge in [0.1, 0.15) is 12.4 Å². The third kappa shape index (κ3) is 2.66. The van der Waals surface area contributed by atoms with Crippen LogP contribution >= 0.6 is 0 Å². The average Bonchev–Trinajstić information content (AvgIpc) is 3.10. The Kier molecular flexibility index (Phi) is 3.58. The molecule has 0 radical (unpaired) electrons. The molecule has 2 aromatic carbocycles. The Morgan fingerprint density at radius 2 is 1.91 bits per heavy atom. The van der Waals surface area contributed by atoms with Crippen LogP contribution in [0.3, 0.4) is 0 Å². The number of amides is 1. The van der Waals surface area contributed by atoms with Crippen LogP contribution in [-0.4, -0.2) is 26.1 Å². The van der Waals surface area contributed by atoms with Gasteiger partial charge < -0.3 is 5.32 Å². The number of nitrogens with zero attached hydrogens (tertiary/aromatic N) is 5. The van der Waals surface area contributed by atoms with E-state index in [4.69, 9.17) is 5.26 Å². The minimum atomic E-state index is -0.286. The minimum Gasteiger partial charge on any atom is -0.321 e. The summed E-state index contributed by atoms with van der Waals surface area (Å²) >= 11 is 0. The summed E-state index contributed by atoms with van der Waals surface area (Å²) in [4.78, 5) is 12.2. The first kappa shape index (κ1) is 13.5. The van der Waals surface area contributed by atoms with Gasteiger partial charge in [-0.3, -0.25) is 4.79 Å². The normalized spacial score (nSPS) is 9.95. The third-order valence-corrected chi connectivity index (χ3v) is 3.04. The first-order chi connectivity index (χ1) is 10.8. The largest absolute Gasteiger partial charge is 0.321 e. The molecule has 0 fully saturated rings. The fourth-order valence-corrected chi connectivity index (χ4v) is 1.93. The molecule has 0 unspecified atom stereocenters. The van der Waals surface area contributed by atoms with Crippen molar-refractivity contribution in [2.45, 2.75) is 0 Å². The second kappa shape index (κ2) is 5.85. The van der Waals surface area contributed by atoms with Gasteiger partial charge in [0.2, 0.25) is 0 Å². The Balaban J connectivity index is 1.80. The van der Waals surface area contributed by atoms with Crippen molar-refractivity contribution in [3.05, 3.63) is 66.0 Å². The monoisotopic (exact) mass is 290 g/mol. The van der Waals surface area contributed by atoms with Crippen molar-refractivity contribution in [3.8, 4) is 11.8 Å². The van der Waals surface area contributed by atoms with Gasteiger partial charge in [0.25, 0.3) is 5.91 Å². The van der Waals surface area contributed by atoms with Crippen molar-refractivity contribution in [2.75, 3.05) is 5.32 Å². The molecular formula is C15H10N6O. The smallest absolute Gasteiger partial charge is 0.255 e. The van der Waals surface area contributed by atoms with Crippen molar-refractivity contribution in [3.63, 3.8) is 0 Å². The molecule has 0 spiro atoms. The zero-order valence-electron chi connectivity index (χ0n) is 11.3. The van der Waals surface area contributed by atoms with Gasteiger partial charge >= 0.3 is 0 Å². The number of benzene rings is 2. The average molecular weight is 290 g/mol. The van der Waals surface area contributed by atoms with E-state index in [2.05, 4.69) is 20.8 Å². The van der Waals surface area contributed by atoms with Gasteiger partial charge in [-0.25, -0.2) is 4.68 Å². The number of hydrogen-bond acceptors (Lipinski definition) is 5. The Morgan fingerprint density at radius 1 is 1.14 bits per heavy atom. The van der Waals surface area contributed by atoms with Crippen molar-refractivity contribution in [2.24, 2.45) is 0 Å². The molecule has 0 saturated heterocycles. The molecule has 22 heavy (non-hydrogen) atoms. The number of hydrogen-bond donors (Lipinski definition) is 1. The minimum absolute atomic E-state index is 0.286. The molecule has 1 N–H and O–H groups in total. The number of anilines is 1. The molecule has 1 amide bonds. The van der Waals surface area contributed by atoms with E-state index in [0.29, 0.717) is 16.8 Å². The summed E-state index contributed by atoms with van der Waals surface area (Å²) in [5.41, 5.74) is 2.13. The van der Waals surface area contributed by atoms with Crippen LogP contribution in [0.1, 0.15) is 15.9 Å². The summed E-state index contributed by atoms with van der Waals surface area (Å²) in [5.74, 6) is -0.286. The van der Waals surface area contributed by atoms with Crippen LogP contribution in [0.25, 0.3) is 5.69 Å². The van der Waals surface area contributed by atoms with E-state index in [9.17, 15) is 4.79 Å². The van der Waals surface area contributed by atoms with E-state index >= 15 is 0 Å². The highest BCUT2D eigenvalue weighted by Gasteiger charge is 2.09. The second-order valence-corrected chi connectivity index (χ2v) is 4.41. The fraction of sp³-hybridized carbons (Fsp3) is 0. The molecule has 7 heteroatoms. The lowest BCUT2D eigenvalue weighted by Gasteiger charge is -2.07. The Hall–Kier alpha value is -3.53. The van der Waals surface area contributed by atoms with Crippen LogP contribution in [-0.2, 0) is 0 Å². The molecule has 3 aromatic rings. The van der Waals surface area contributed by atoms with Crippen molar-refractivity contribution >= 4 is 11.6 Å². The molecule has 0 bridgehead atoms. The van der Waals surface area contributed by atoms with Gasteiger partial charge in [0, 0.05) is 5.56 Å². The van der Waals surface area contributed by atoms with Gasteiger partial charge in [-0.2, -0.15) is 5.26 Å². The van der Waals surface area contributed by atoms with Crippen LogP contribution in [0, 0.1) is 11.3 Å². The molecule has 0 aliphatic heterocycles. The Labute approximate surface area is 125 Å². The quantitative estimate of drug-likeness (QED) is 0.793. The number of para-hydroxylation sites is 1. The topological polar surface area (TPSA) is 96.5 Å². The molecule has 3 rings (SSSR count). The van der Waals surface area contributed by atoms with Crippen LogP contribution in [0.2, 0.25) is 0 Å². The molecule has 0 saturated carbocycles. The molecule has 1 heterocycles. The summed E-state index contributed by atoms with van der Waals surface area (Å²) in [6.45, 7) is 0. The van der Waals surface area contributed by atoms with E-state index in [1.165, 1.54) is 11.0 Å². The zero-order chi connectivity index (χ0) is 15.4. The predicted molar refractivity (Wildman–Crippen MR) is 78.3 cm³/mol. The zero-order valence-corrected chi connectivity index (χ0v) is 11.3. The lowest BCUT2D eigenvalue weighted by molar-refractivity contribution is 0.102. The number of carbonyl (C=O) groups is 1. The van der Waals surface area contributed by atoms with Crippen LogP contribution < -0.4 is 5.32 Å². The summed E-state index contributed by atoms with van der Waals surface area (Å²) in [5, 5.41) is 22.6. The molecule has 0 aliphatic rings. The maximum atomic E-state index is 12.2. The molecule has 1 aromatic heterocycles. The first-order valence-electron chi connectivity index (χ1n) is 6.42. The van der Waals surface area contributed by atoms with E-state index in [-0.39, 0.29) is 5.91 Å². The molecule has 0 atom stereocenters.